The van der Waals surface area contributed by atoms with Crippen LogP contribution in [0, 0.1) is 28.4 Å². The Balaban J connectivity index is 1.98. The van der Waals surface area contributed by atoms with Gasteiger partial charge in [0.15, 0.2) is 0 Å². The lowest BCUT2D eigenvalue weighted by Crippen LogP contribution is -2.50. The van der Waals surface area contributed by atoms with Crippen LogP contribution in [0.4, 0.5) is 11.4 Å². The van der Waals surface area contributed by atoms with Crippen molar-refractivity contribution in [3.63, 3.8) is 0 Å². The third kappa shape index (κ3) is 3.97. The Morgan fingerprint density at radius 1 is 1.39 bits per heavy atom. The van der Waals surface area contributed by atoms with Crippen molar-refractivity contribution in [2.45, 2.75) is 44.6 Å². The Morgan fingerprint density at radius 2 is 2.09 bits per heavy atom. The fourth-order valence-corrected chi connectivity index (χ4v) is 2.92. The van der Waals surface area contributed by atoms with Crippen LogP contribution < -0.4 is 10.6 Å². The van der Waals surface area contributed by atoms with Crippen molar-refractivity contribution in [3.8, 4) is 6.07 Å². The summed E-state index contributed by atoms with van der Waals surface area (Å²) >= 11 is 0. The van der Waals surface area contributed by atoms with Gasteiger partial charge in [0.25, 0.3) is 5.69 Å². The van der Waals surface area contributed by atoms with Gasteiger partial charge in [-0.3, -0.25) is 14.9 Å². The molecule has 23 heavy (non-hydrogen) atoms. The van der Waals surface area contributed by atoms with Crippen LogP contribution in [-0.2, 0) is 4.79 Å². The van der Waals surface area contributed by atoms with Gasteiger partial charge in [-0.25, -0.2) is 0 Å². The number of hydrogen-bond donors (Lipinski definition) is 2. The van der Waals surface area contributed by atoms with E-state index in [4.69, 9.17) is 0 Å². The molecule has 122 valence electrons. The fourth-order valence-electron chi connectivity index (χ4n) is 2.92. The maximum atomic E-state index is 12.1. The average molecular weight is 316 g/mol. The molecular weight excluding hydrogens is 296 g/mol. The molecule has 1 fully saturated rings. The summed E-state index contributed by atoms with van der Waals surface area (Å²) in [4.78, 5) is 22.6. The molecule has 1 amide bonds. The molecule has 1 saturated carbocycles. The Bertz CT molecular complexity index is 645. The maximum Gasteiger partial charge on any atom is 0.274 e. The van der Waals surface area contributed by atoms with Crippen molar-refractivity contribution < 1.29 is 9.72 Å². The number of carbonyl (C=O) groups excluding carboxylic acids is 1. The number of nitro groups is 1. The lowest BCUT2D eigenvalue weighted by atomic mass is 9.83. The number of nitriles is 1. The van der Waals surface area contributed by atoms with Gasteiger partial charge in [-0.15, -0.1) is 0 Å². The number of anilines is 1. The Hall–Kier alpha value is -2.62. The molecule has 1 aliphatic carbocycles. The molecule has 1 aromatic carbocycles. The second-order valence-electron chi connectivity index (χ2n) is 5.86. The Labute approximate surface area is 134 Å². The van der Waals surface area contributed by atoms with Gasteiger partial charge in [0.1, 0.15) is 5.54 Å². The van der Waals surface area contributed by atoms with E-state index in [1.54, 1.807) is 19.1 Å². The van der Waals surface area contributed by atoms with Crippen LogP contribution in [0.3, 0.4) is 0 Å². The normalized spacial score (nSPS) is 16.2. The molecular formula is C16H20N4O3. The molecule has 7 heteroatoms. The first kappa shape index (κ1) is 16.7. The average Bonchev–Trinajstić information content (AvgIpc) is 2.54. The van der Waals surface area contributed by atoms with Crippen molar-refractivity contribution >= 4 is 17.3 Å². The monoisotopic (exact) mass is 316 g/mol. The summed E-state index contributed by atoms with van der Waals surface area (Å²) in [6.45, 7) is 1.61. The van der Waals surface area contributed by atoms with Crippen molar-refractivity contribution in [2.75, 3.05) is 11.9 Å². The molecule has 0 unspecified atom stereocenters. The second-order valence-corrected chi connectivity index (χ2v) is 5.86. The van der Waals surface area contributed by atoms with Crippen LogP contribution >= 0.6 is 0 Å². The van der Waals surface area contributed by atoms with Crippen molar-refractivity contribution in [2.24, 2.45) is 0 Å². The Morgan fingerprint density at radius 3 is 2.70 bits per heavy atom. The van der Waals surface area contributed by atoms with Gasteiger partial charge >= 0.3 is 0 Å². The summed E-state index contributed by atoms with van der Waals surface area (Å²) < 4.78 is 0. The quantitative estimate of drug-likeness (QED) is 0.641. The van der Waals surface area contributed by atoms with Crippen LogP contribution in [0.5, 0.6) is 0 Å². The zero-order valence-electron chi connectivity index (χ0n) is 13.1. The minimum absolute atomic E-state index is 0.0104. The molecule has 0 aliphatic heterocycles. The van der Waals surface area contributed by atoms with Gasteiger partial charge in [0.2, 0.25) is 5.91 Å². The lowest BCUT2D eigenvalue weighted by molar-refractivity contribution is -0.385. The SMILES string of the molecule is Cc1c(NCC(=O)NC2(C#N)CCCCC2)cccc1[N+](=O)[O-]. The number of rotatable bonds is 5. The summed E-state index contributed by atoms with van der Waals surface area (Å²) in [5, 5.41) is 26.0. The van der Waals surface area contributed by atoms with Crippen LogP contribution in [-0.4, -0.2) is 22.9 Å². The molecule has 1 aliphatic rings. The van der Waals surface area contributed by atoms with E-state index in [1.165, 1.54) is 6.07 Å². The molecule has 0 aromatic heterocycles. The second kappa shape index (κ2) is 7.09. The van der Waals surface area contributed by atoms with E-state index >= 15 is 0 Å². The van der Waals surface area contributed by atoms with Crippen LogP contribution in [0.2, 0.25) is 0 Å². The number of amides is 1. The van der Waals surface area contributed by atoms with Gasteiger partial charge in [-0.05, 0) is 25.8 Å². The molecule has 0 atom stereocenters. The summed E-state index contributed by atoms with van der Waals surface area (Å²) in [6, 6.07) is 6.92. The number of nitrogens with zero attached hydrogens (tertiary/aromatic N) is 2. The Kier molecular flexibility index (Phi) is 5.16. The molecule has 2 N–H and O–H groups in total. The summed E-state index contributed by atoms with van der Waals surface area (Å²) in [6.07, 6.45) is 4.30. The first-order chi connectivity index (χ1) is 11.0. The molecule has 2 rings (SSSR count). The van der Waals surface area contributed by atoms with E-state index < -0.39 is 10.5 Å². The fraction of sp³-hybridized carbons (Fsp3) is 0.500. The topological polar surface area (TPSA) is 108 Å². The van der Waals surface area contributed by atoms with E-state index in [-0.39, 0.29) is 18.1 Å². The van der Waals surface area contributed by atoms with E-state index in [2.05, 4.69) is 16.7 Å². The largest absolute Gasteiger partial charge is 0.376 e. The third-order valence-corrected chi connectivity index (χ3v) is 4.24. The first-order valence-corrected chi connectivity index (χ1v) is 7.67. The summed E-state index contributed by atoms with van der Waals surface area (Å²) in [7, 11) is 0. The van der Waals surface area contributed by atoms with Crippen molar-refractivity contribution in [1.29, 1.82) is 5.26 Å². The number of nitro benzene ring substituents is 1. The molecule has 7 nitrogen and oxygen atoms in total. The summed E-state index contributed by atoms with van der Waals surface area (Å²) in [5.41, 5.74) is 0.271. The zero-order valence-corrected chi connectivity index (χ0v) is 13.1. The number of carbonyl (C=O) groups is 1. The van der Waals surface area contributed by atoms with Crippen molar-refractivity contribution in [3.05, 3.63) is 33.9 Å². The highest BCUT2D eigenvalue weighted by atomic mass is 16.6. The molecule has 0 bridgehead atoms. The van der Waals surface area contributed by atoms with Gasteiger partial charge in [-0.1, -0.05) is 25.3 Å². The summed E-state index contributed by atoms with van der Waals surface area (Å²) in [5.74, 6) is -0.278. The van der Waals surface area contributed by atoms with E-state index in [9.17, 15) is 20.2 Å². The van der Waals surface area contributed by atoms with Gasteiger partial charge in [0, 0.05) is 17.3 Å². The number of hydrogen-bond acceptors (Lipinski definition) is 5. The minimum Gasteiger partial charge on any atom is -0.376 e. The van der Waals surface area contributed by atoms with E-state index in [0.29, 0.717) is 24.1 Å². The smallest absolute Gasteiger partial charge is 0.274 e. The van der Waals surface area contributed by atoms with Gasteiger partial charge in [0.05, 0.1) is 17.5 Å². The van der Waals surface area contributed by atoms with Crippen LogP contribution in [0.25, 0.3) is 0 Å². The van der Waals surface area contributed by atoms with Gasteiger partial charge in [-0.2, -0.15) is 5.26 Å². The predicted octanol–water partition coefficient (Wildman–Crippen LogP) is 2.66. The third-order valence-electron chi connectivity index (χ3n) is 4.24. The molecule has 0 radical (unpaired) electrons. The van der Waals surface area contributed by atoms with Crippen LogP contribution in [0.1, 0.15) is 37.7 Å². The first-order valence-electron chi connectivity index (χ1n) is 7.67. The van der Waals surface area contributed by atoms with E-state index in [0.717, 1.165) is 19.3 Å². The minimum atomic E-state index is -0.769. The molecule has 0 saturated heterocycles. The van der Waals surface area contributed by atoms with Gasteiger partial charge < -0.3 is 10.6 Å². The molecule has 0 heterocycles. The highest BCUT2D eigenvalue weighted by Gasteiger charge is 2.33. The highest BCUT2D eigenvalue weighted by molar-refractivity contribution is 5.82. The number of benzene rings is 1. The van der Waals surface area contributed by atoms with E-state index in [1.807, 2.05) is 0 Å². The maximum absolute atomic E-state index is 12.1. The molecule has 1 aromatic rings. The van der Waals surface area contributed by atoms with Crippen LogP contribution in [0.15, 0.2) is 18.2 Å². The standard InChI is InChI=1S/C16H20N4O3/c1-12-13(6-5-7-14(12)20(22)23)18-10-15(21)19-16(11-17)8-3-2-4-9-16/h5-7,18H,2-4,8-10H2,1H3,(H,19,21). The number of nitrogens with one attached hydrogen (secondary N) is 2. The highest BCUT2D eigenvalue weighted by Crippen LogP contribution is 2.28. The zero-order chi connectivity index (χ0) is 16.9. The predicted molar refractivity (Wildman–Crippen MR) is 85.9 cm³/mol. The van der Waals surface area contributed by atoms with Crippen molar-refractivity contribution in [1.82, 2.24) is 5.32 Å². The lowest BCUT2D eigenvalue weighted by Gasteiger charge is -2.31. The molecule has 0 spiro atoms.